The average Bonchev–Trinajstić information content (AvgIpc) is 2.69. The van der Waals surface area contributed by atoms with Crippen LogP contribution in [-0.4, -0.2) is 61.2 Å². The molecule has 0 saturated carbocycles. The number of benzene rings is 1. The van der Waals surface area contributed by atoms with Crippen LogP contribution in [0.1, 0.15) is 6.92 Å². The van der Waals surface area contributed by atoms with Crippen LogP contribution < -0.4 is 19.7 Å². The lowest BCUT2D eigenvalue weighted by Gasteiger charge is -2.34. The van der Waals surface area contributed by atoms with E-state index in [1.807, 2.05) is 11.0 Å². The molecular weight excluding hydrogens is 370 g/mol. The highest BCUT2D eigenvalue weighted by molar-refractivity contribution is 6.32. The lowest BCUT2D eigenvalue weighted by molar-refractivity contribution is -0.129. The molecule has 1 aliphatic heterocycles. The van der Waals surface area contributed by atoms with Crippen LogP contribution in [0.5, 0.6) is 11.5 Å². The Labute approximate surface area is 163 Å². The zero-order valence-electron chi connectivity index (χ0n) is 15.5. The van der Waals surface area contributed by atoms with Crippen molar-refractivity contribution in [1.29, 1.82) is 0 Å². The van der Waals surface area contributed by atoms with Gasteiger partial charge in [-0.2, -0.15) is 4.98 Å². The third-order valence-corrected chi connectivity index (χ3v) is 4.71. The van der Waals surface area contributed by atoms with Gasteiger partial charge in [-0.3, -0.25) is 4.79 Å². The van der Waals surface area contributed by atoms with E-state index < -0.39 is 0 Å². The Morgan fingerprint density at radius 1 is 1.15 bits per heavy atom. The molecule has 0 spiro atoms. The normalized spacial score (nSPS) is 14.1. The van der Waals surface area contributed by atoms with Gasteiger partial charge < -0.3 is 24.6 Å². The molecule has 144 valence electrons. The molecule has 0 atom stereocenters. The maximum Gasteiger partial charge on any atom is 0.229 e. The number of anilines is 3. The van der Waals surface area contributed by atoms with Crippen molar-refractivity contribution >= 4 is 35.0 Å². The molecule has 1 saturated heterocycles. The van der Waals surface area contributed by atoms with E-state index in [1.54, 1.807) is 39.5 Å². The standard InChI is InChI=1S/C18H22ClN5O3/c1-12(25)23-6-8-24(9-7-23)17-4-5-20-18(22-17)21-14-11-15(26-2)13(19)10-16(14)27-3/h4-5,10-11H,6-9H2,1-3H3,(H,20,21,22). The Morgan fingerprint density at radius 2 is 1.85 bits per heavy atom. The fourth-order valence-corrected chi connectivity index (χ4v) is 3.15. The van der Waals surface area contributed by atoms with Crippen LogP contribution in [0.2, 0.25) is 5.02 Å². The largest absolute Gasteiger partial charge is 0.495 e. The molecule has 1 aliphatic rings. The van der Waals surface area contributed by atoms with Gasteiger partial charge >= 0.3 is 0 Å². The van der Waals surface area contributed by atoms with Gasteiger partial charge in [0.2, 0.25) is 11.9 Å². The number of rotatable bonds is 5. The molecule has 1 aromatic carbocycles. The van der Waals surface area contributed by atoms with Crippen molar-refractivity contribution < 1.29 is 14.3 Å². The van der Waals surface area contributed by atoms with Crippen molar-refractivity contribution in [2.24, 2.45) is 0 Å². The van der Waals surface area contributed by atoms with Gasteiger partial charge in [-0.05, 0) is 6.07 Å². The van der Waals surface area contributed by atoms with Crippen molar-refractivity contribution in [3.63, 3.8) is 0 Å². The van der Waals surface area contributed by atoms with Gasteiger partial charge in [0.25, 0.3) is 0 Å². The van der Waals surface area contributed by atoms with E-state index in [9.17, 15) is 4.79 Å². The Morgan fingerprint density at radius 3 is 2.48 bits per heavy atom. The summed E-state index contributed by atoms with van der Waals surface area (Å²) in [6, 6.07) is 5.27. The maximum absolute atomic E-state index is 11.5. The summed E-state index contributed by atoms with van der Waals surface area (Å²) in [6.07, 6.45) is 1.70. The quantitative estimate of drug-likeness (QED) is 0.838. The number of carbonyl (C=O) groups is 1. The van der Waals surface area contributed by atoms with Gasteiger partial charge in [0, 0.05) is 51.4 Å². The van der Waals surface area contributed by atoms with Crippen LogP contribution in [-0.2, 0) is 4.79 Å². The molecule has 1 N–H and O–H groups in total. The smallest absolute Gasteiger partial charge is 0.229 e. The van der Waals surface area contributed by atoms with Crippen LogP contribution >= 0.6 is 11.6 Å². The van der Waals surface area contributed by atoms with E-state index in [0.29, 0.717) is 41.2 Å². The number of nitrogens with zero attached hydrogens (tertiary/aromatic N) is 4. The van der Waals surface area contributed by atoms with E-state index in [2.05, 4.69) is 20.2 Å². The van der Waals surface area contributed by atoms with Crippen molar-refractivity contribution in [3.05, 3.63) is 29.4 Å². The minimum Gasteiger partial charge on any atom is -0.495 e. The van der Waals surface area contributed by atoms with E-state index in [-0.39, 0.29) is 5.91 Å². The first-order valence-corrected chi connectivity index (χ1v) is 8.91. The summed E-state index contributed by atoms with van der Waals surface area (Å²) in [4.78, 5) is 24.3. The van der Waals surface area contributed by atoms with Gasteiger partial charge in [-0.25, -0.2) is 4.98 Å². The summed E-state index contributed by atoms with van der Waals surface area (Å²) < 4.78 is 10.6. The van der Waals surface area contributed by atoms with Crippen LogP contribution in [0.25, 0.3) is 0 Å². The number of piperazine rings is 1. The Bertz CT molecular complexity index is 825. The first-order valence-electron chi connectivity index (χ1n) is 8.54. The third kappa shape index (κ3) is 4.33. The number of hydrogen-bond donors (Lipinski definition) is 1. The van der Waals surface area contributed by atoms with E-state index in [0.717, 1.165) is 18.9 Å². The Hall–Kier alpha value is -2.74. The minimum atomic E-state index is 0.100. The molecule has 1 aromatic heterocycles. The zero-order chi connectivity index (χ0) is 19.4. The van der Waals surface area contributed by atoms with Crippen LogP contribution in [0.4, 0.5) is 17.5 Å². The van der Waals surface area contributed by atoms with Crippen molar-refractivity contribution in [2.75, 3.05) is 50.6 Å². The lowest BCUT2D eigenvalue weighted by atomic mass is 10.2. The summed E-state index contributed by atoms with van der Waals surface area (Å²) in [5.74, 6) is 2.42. The molecular formula is C18H22ClN5O3. The highest BCUT2D eigenvalue weighted by atomic mass is 35.5. The second kappa shape index (κ2) is 8.30. The number of carbonyl (C=O) groups excluding carboxylic acids is 1. The number of hydrogen-bond acceptors (Lipinski definition) is 7. The second-order valence-electron chi connectivity index (χ2n) is 6.04. The molecule has 8 nitrogen and oxygen atoms in total. The molecule has 27 heavy (non-hydrogen) atoms. The topological polar surface area (TPSA) is 79.8 Å². The van der Waals surface area contributed by atoms with Crippen LogP contribution in [0.3, 0.4) is 0 Å². The summed E-state index contributed by atoms with van der Waals surface area (Å²) in [6.45, 7) is 4.42. The summed E-state index contributed by atoms with van der Waals surface area (Å²) in [7, 11) is 3.12. The molecule has 1 amide bonds. The van der Waals surface area contributed by atoms with Crippen molar-refractivity contribution in [1.82, 2.24) is 14.9 Å². The van der Waals surface area contributed by atoms with Crippen molar-refractivity contribution in [2.45, 2.75) is 6.92 Å². The van der Waals surface area contributed by atoms with Gasteiger partial charge in [-0.15, -0.1) is 0 Å². The summed E-state index contributed by atoms with van der Waals surface area (Å²) in [5, 5.41) is 3.61. The molecule has 2 aromatic rings. The third-order valence-electron chi connectivity index (χ3n) is 4.41. The fourth-order valence-electron chi connectivity index (χ4n) is 2.91. The fraction of sp³-hybridized carbons (Fsp3) is 0.389. The van der Waals surface area contributed by atoms with E-state index in [1.165, 1.54) is 0 Å². The van der Waals surface area contributed by atoms with E-state index >= 15 is 0 Å². The SMILES string of the molecule is COc1cc(Nc2nccc(N3CCN(C(C)=O)CC3)n2)c(OC)cc1Cl. The first kappa shape index (κ1) is 19.0. The zero-order valence-corrected chi connectivity index (χ0v) is 16.3. The number of methoxy groups -OCH3 is 2. The highest BCUT2D eigenvalue weighted by Crippen LogP contribution is 2.37. The second-order valence-corrected chi connectivity index (χ2v) is 6.45. The molecule has 3 rings (SSSR count). The van der Waals surface area contributed by atoms with Crippen LogP contribution in [0.15, 0.2) is 24.4 Å². The average molecular weight is 392 g/mol. The van der Waals surface area contributed by atoms with Gasteiger partial charge in [0.05, 0.1) is 24.9 Å². The molecule has 9 heteroatoms. The first-order chi connectivity index (χ1) is 13.0. The number of aromatic nitrogens is 2. The molecule has 0 aliphatic carbocycles. The van der Waals surface area contributed by atoms with Crippen molar-refractivity contribution in [3.8, 4) is 11.5 Å². The summed E-state index contributed by atoms with van der Waals surface area (Å²) in [5.41, 5.74) is 0.650. The molecule has 2 heterocycles. The monoisotopic (exact) mass is 391 g/mol. The maximum atomic E-state index is 11.5. The van der Waals surface area contributed by atoms with Crippen LogP contribution in [0, 0.1) is 0 Å². The molecule has 0 radical (unpaired) electrons. The predicted octanol–water partition coefficient (Wildman–Crippen LogP) is 2.56. The predicted molar refractivity (Wildman–Crippen MR) is 104 cm³/mol. The Balaban J connectivity index is 1.78. The number of halogens is 1. The summed E-state index contributed by atoms with van der Waals surface area (Å²) >= 11 is 6.15. The highest BCUT2D eigenvalue weighted by Gasteiger charge is 2.20. The number of amides is 1. The minimum absolute atomic E-state index is 0.100. The van der Waals surface area contributed by atoms with Gasteiger partial charge in [0.1, 0.15) is 17.3 Å². The number of nitrogens with one attached hydrogen (secondary N) is 1. The van der Waals surface area contributed by atoms with Gasteiger partial charge in [-0.1, -0.05) is 11.6 Å². The molecule has 1 fully saturated rings. The Kier molecular flexibility index (Phi) is 5.85. The van der Waals surface area contributed by atoms with Gasteiger partial charge in [0.15, 0.2) is 0 Å². The number of ether oxygens (including phenoxy) is 2. The lowest BCUT2D eigenvalue weighted by Crippen LogP contribution is -2.48. The molecule has 0 unspecified atom stereocenters. The van der Waals surface area contributed by atoms with E-state index in [4.69, 9.17) is 21.1 Å². The molecule has 0 bridgehead atoms.